The number of aromatic carboxylic acids is 1. The van der Waals surface area contributed by atoms with Gasteiger partial charge in [-0.3, -0.25) is 4.79 Å². The maximum atomic E-state index is 12.1. The number of hydrogen-bond acceptors (Lipinski definition) is 3. The smallest absolute Gasteiger partial charge is 0.337 e. The normalized spacial score (nSPS) is 16.0. The van der Waals surface area contributed by atoms with Crippen molar-refractivity contribution in [3.05, 3.63) is 40.3 Å². The fourth-order valence-corrected chi connectivity index (χ4v) is 4.81. The van der Waals surface area contributed by atoms with Crippen molar-refractivity contribution in [2.24, 2.45) is 0 Å². The van der Waals surface area contributed by atoms with E-state index in [0.29, 0.717) is 21.7 Å². The van der Waals surface area contributed by atoms with E-state index in [1.807, 2.05) is 30.0 Å². The zero-order valence-corrected chi connectivity index (χ0v) is 13.9. The summed E-state index contributed by atoms with van der Waals surface area (Å²) in [6, 6.07) is 5.89. The number of pyridine rings is 1. The first-order chi connectivity index (χ1) is 11.6. The Kier molecular flexibility index (Phi) is 3.84. The van der Waals surface area contributed by atoms with Crippen molar-refractivity contribution < 1.29 is 9.90 Å². The van der Waals surface area contributed by atoms with E-state index in [1.165, 1.54) is 38.3 Å². The molecule has 6 heteroatoms. The zero-order chi connectivity index (χ0) is 16.7. The number of fused-ring (bicyclic) bond motifs is 3. The molecule has 124 valence electrons. The molecule has 1 saturated carbocycles. The summed E-state index contributed by atoms with van der Waals surface area (Å²) in [6.07, 6.45) is 7.74. The SMILES string of the molecule is O=C(O)c1c[nH]c2c(=O)[nH]c3ccc(SC4CCCCC4)cc3c12. The van der Waals surface area contributed by atoms with E-state index in [4.69, 9.17) is 0 Å². The molecule has 0 unspecified atom stereocenters. The Morgan fingerprint density at radius 1 is 1.21 bits per heavy atom. The van der Waals surface area contributed by atoms with Crippen LogP contribution >= 0.6 is 11.8 Å². The van der Waals surface area contributed by atoms with Crippen LogP contribution < -0.4 is 5.56 Å². The summed E-state index contributed by atoms with van der Waals surface area (Å²) in [5.41, 5.74) is 0.834. The third kappa shape index (κ3) is 2.60. The number of benzene rings is 1. The van der Waals surface area contributed by atoms with Gasteiger partial charge in [0.15, 0.2) is 0 Å². The third-order valence-electron chi connectivity index (χ3n) is 4.70. The molecular weight excluding hydrogens is 324 g/mol. The molecule has 4 rings (SSSR count). The number of rotatable bonds is 3. The molecule has 2 aromatic heterocycles. The van der Waals surface area contributed by atoms with Crippen LogP contribution in [0.25, 0.3) is 21.8 Å². The standard InChI is InChI=1S/C18H18N2O3S/c21-17-16-15(13(9-19-16)18(22)23)12-8-11(6-7-14(12)20-17)24-10-4-2-1-3-5-10/h6-10,19H,1-5H2,(H,20,21)(H,22,23). The summed E-state index contributed by atoms with van der Waals surface area (Å²) < 4.78 is 0. The van der Waals surface area contributed by atoms with Gasteiger partial charge in [0.25, 0.3) is 5.56 Å². The molecule has 0 aliphatic heterocycles. The second-order valence-corrected chi connectivity index (χ2v) is 7.67. The van der Waals surface area contributed by atoms with Gasteiger partial charge < -0.3 is 15.1 Å². The Morgan fingerprint density at radius 2 is 2.00 bits per heavy atom. The molecule has 2 heterocycles. The number of aromatic nitrogens is 2. The molecule has 0 atom stereocenters. The maximum absolute atomic E-state index is 12.1. The molecule has 1 aliphatic rings. The maximum Gasteiger partial charge on any atom is 0.337 e. The number of carboxylic acid groups (broad SMARTS) is 1. The van der Waals surface area contributed by atoms with E-state index in [-0.39, 0.29) is 11.1 Å². The lowest BCUT2D eigenvalue weighted by Gasteiger charge is -2.21. The molecule has 1 aliphatic carbocycles. The molecule has 0 amide bonds. The van der Waals surface area contributed by atoms with Gasteiger partial charge in [-0.15, -0.1) is 11.8 Å². The van der Waals surface area contributed by atoms with E-state index in [9.17, 15) is 14.7 Å². The summed E-state index contributed by atoms with van der Waals surface area (Å²) in [5, 5.41) is 11.3. The number of carbonyl (C=O) groups is 1. The molecule has 3 aromatic rings. The minimum absolute atomic E-state index is 0.140. The molecule has 1 fully saturated rings. The number of thioether (sulfide) groups is 1. The van der Waals surface area contributed by atoms with Crippen LogP contribution in [0.3, 0.4) is 0 Å². The largest absolute Gasteiger partial charge is 0.478 e. The molecule has 24 heavy (non-hydrogen) atoms. The predicted molar refractivity (Wildman–Crippen MR) is 96.1 cm³/mol. The molecule has 0 bridgehead atoms. The topological polar surface area (TPSA) is 85.9 Å². The van der Waals surface area contributed by atoms with Crippen LogP contribution in [0, 0.1) is 0 Å². The van der Waals surface area contributed by atoms with E-state index >= 15 is 0 Å². The first-order valence-corrected chi connectivity index (χ1v) is 9.08. The second-order valence-electron chi connectivity index (χ2n) is 6.30. The molecule has 0 radical (unpaired) electrons. The van der Waals surface area contributed by atoms with Gasteiger partial charge in [-0.1, -0.05) is 19.3 Å². The number of nitrogens with one attached hydrogen (secondary N) is 2. The fraction of sp³-hybridized carbons (Fsp3) is 0.333. The van der Waals surface area contributed by atoms with E-state index < -0.39 is 5.97 Å². The molecule has 0 saturated heterocycles. The van der Waals surface area contributed by atoms with Crippen molar-refractivity contribution in [2.75, 3.05) is 0 Å². The van der Waals surface area contributed by atoms with Crippen molar-refractivity contribution in [1.29, 1.82) is 0 Å². The molecule has 3 N–H and O–H groups in total. The summed E-state index contributed by atoms with van der Waals surface area (Å²) in [6.45, 7) is 0. The second kappa shape index (κ2) is 6.02. The Labute approximate surface area is 142 Å². The first kappa shape index (κ1) is 15.3. The van der Waals surface area contributed by atoms with Crippen LogP contribution in [0.2, 0.25) is 0 Å². The van der Waals surface area contributed by atoms with Gasteiger partial charge in [0, 0.05) is 32.6 Å². The van der Waals surface area contributed by atoms with Crippen molar-refractivity contribution in [3.8, 4) is 0 Å². The fourth-order valence-electron chi connectivity index (χ4n) is 3.52. The summed E-state index contributed by atoms with van der Waals surface area (Å²) >= 11 is 1.86. The highest BCUT2D eigenvalue weighted by molar-refractivity contribution is 8.00. The van der Waals surface area contributed by atoms with E-state index in [0.717, 1.165) is 10.3 Å². The van der Waals surface area contributed by atoms with Crippen molar-refractivity contribution in [3.63, 3.8) is 0 Å². The lowest BCUT2D eigenvalue weighted by Crippen LogP contribution is -2.08. The van der Waals surface area contributed by atoms with Crippen molar-refractivity contribution in [1.82, 2.24) is 9.97 Å². The van der Waals surface area contributed by atoms with Gasteiger partial charge in [0.1, 0.15) is 5.52 Å². The van der Waals surface area contributed by atoms with Gasteiger partial charge in [-0.2, -0.15) is 0 Å². The molecular formula is C18H18N2O3S. The van der Waals surface area contributed by atoms with Crippen molar-refractivity contribution >= 4 is 39.5 Å². The minimum atomic E-state index is -1.03. The first-order valence-electron chi connectivity index (χ1n) is 8.20. The van der Waals surface area contributed by atoms with Gasteiger partial charge in [0.05, 0.1) is 5.56 Å². The van der Waals surface area contributed by atoms with Crippen LogP contribution in [0.5, 0.6) is 0 Å². The monoisotopic (exact) mass is 342 g/mol. The highest BCUT2D eigenvalue weighted by atomic mass is 32.2. The Hall–Kier alpha value is -2.21. The van der Waals surface area contributed by atoms with Crippen LogP contribution in [-0.2, 0) is 0 Å². The summed E-state index contributed by atoms with van der Waals surface area (Å²) in [5.74, 6) is -1.03. The number of aromatic amines is 2. The van der Waals surface area contributed by atoms with Gasteiger partial charge >= 0.3 is 5.97 Å². The van der Waals surface area contributed by atoms with Crippen LogP contribution in [0.4, 0.5) is 0 Å². The van der Waals surface area contributed by atoms with Gasteiger partial charge in [-0.05, 0) is 31.0 Å². The van der Waals surface area contributed by atoms with E-state index in [1.54, 1.807) is 0 Å². The highest BCUT2D eigenvalue weighted by Crippen LogP contribution is 2.36. The predicted octanol–water partition coefficient (Wildman–Crippen LogP) is 4.13. The Bertz CT molecular complexity index is 983. The number of hydrogen-bond donors (Lipinski definition) is 3. The minimum Gasteiger partial charge on any atom is -0.478 e. The molecule has 0 spiro atoms. The highest BCUT2D eigenvalue weighted by Gasteiger charge is 2.18. The van der Waals surface area contributed by atoms with Gasteiger partial charge in [0.2, 0.25) is 0 Å². The quantitative estimate of drug-likeness (QED) is 0.668. The number of carboxylic acids is 1. The van der Waals surface area contributed by atoms with Gasteiger partial charge in [-0.25, -0.2) is 4.79 Å². The van der Waals surface area contributed by atoms with E-state index in [2.05, 4.69) is 9.97 Å². The summed E-state index contributed by atoms with van der Waals surface area (Å²) in [7, 11) is 0. The molecule has 1 aromatic carbocycles. The number of H-pyrrole nitrogens is 2. The molecule has 5 nitrogen and oxygen atoms in total. The Balaban J connectivity index is 1.86. The van der Waals surface area contributed by atoms with Crippen LogP contribution in [0.15, 0.2) is 34.1 Å². The Morgan fingerprint density at radius 3 is 2.75 bits per heavy atom. The lowest BCUT2D eigenvalue weighted by atomic mass is 10.0. The summed E-state index contributed by atoms with van der Waals surface area (Å²) in [4.78, 5) is 30.4. The third-order valence-corrected chi connectivity index (χ3v) is 6.03. The van der Waals surface area contributed by atoms with Crippen LogP contribution in [0.1, 0.15) is 42.5 Å². The zero-order valence-electron chi connectivity index (χ0n) is 13.1. The average Bonchev–Trinajstić information content (AvgIpc) is 3.03. The lowest BCUT2D eigenvalue weighted by molar-refractivity contribution is 0.0699. The van der Waals surface area contributed by atoms with Crippen molar-refractivity contribution in [2.45, 2.75) is 42.2 Å². The average molecular weight is 342 g/mol. The van der Waals surface area contributed by atoms with Crippen LogP contribution in [-0.4, -0.2) is 26.3 Å².